The van der Waals surface area contributed by atoms with Crippen LogP contribution in [0.1, 0.15) is 50.5 Å². The predicted molar refractivity (Wildman–Crippen MR) is 141 cm³/mol. The van der Waals surface area contributed by atoms with Gasteiger partial charge in [-0.3, -0.25) is 14.5 Å². The van der Waals surface area contributed by atoms with E-state index in [9.17, 15) is 23.5 Å². The number of nitrogens with one attached hydrogen (secondary N) is 1. The largest absolute Gasteiger partial charge is 0.510 e. The lowest BCUT2D eigenvalue weighted by atomic mass is 9.80. The molecule has 2 N–H and O–H groups in total. The highest BCUT2D eigenvalue weighted by Gasteiger charge is 2.50. The Balaban J connectivity index is 1.20. The molecule has 1 saturated carbocycles. The molecule has 0 radical (unpaired) electrons. The number of hydrogen-bond acceptors (Lipinski definition) is 6. The first-order valence-corrected chi connectivity index (χ1v) is 14.3. The summed E-state index contributed by atoms with van der Waals surface area (Å²) in [5, 5.41) is 13.7. The Morgan fingerprint density at radius 3 is 2.64 bits per heavy atom. The number of amides is 2. The van der Waals surface area contributed by atoms with Crippen LogP contribution in [-0.4, -0.2) is 88.0 Å². The van der Waals surface area contributed by atoms with E-state index >= 15 is 0 Å². The normalized spacial score (nSPS) is 27.7. The molecule has 8 nitrogen and oxygen atoms in total. The minimum Gasteiger partial charge on any atom is -0.510 e. The van der Waals surface area contributed by atoms with Crippen molar-refractivity contribution < 1.29 is 23.5 Å². The number of aliphatic hydroxyl groups is 1. The summed E-state index contributed by atoms with van der Waals surface area (Å²) in [7, 11) is 0. The molecule has 1 aliphatic carbocycles. The quantitative estimate of drug-likeness (QED) is 0.577. The number of aliphatic hydroxyl groups excluding tert-OH is 1. The Labute approximate surface area is 227 Å². The number of carbonyl (C=O) groups excluding carboxylic acids is 2. The number of nitrogens with zero attached hydrogens (tertiary/aromatic N) is 4. The Morgan fingerprint density at radius 1 is 1.05 bits per heavy atom. The van der Waals surface area contributed by atoms with Crippen LogP contribution < -0.4 is 5.32 Å². The fraction of sp³-hybridized carbons (Fsp3) is 0.586. The van der Waals surface area contributed by atoms with Crippen molar-refractivity contribution in [3.8, 4) is 0 Å². The fourth-order valence-corrected chi connectivity index (χ4v) is 7.10. The highest BCUT2D eigenvalue weighted by atomic mass is 19.1. The lowest BCUT2D eigenvalue weighted by molar-refractivity contribution is -0.159. The average molecular weight is 542 g/mol. The standard InChI is InChI=1S/C29H37F2N5O3/c30-22-8-7-19(23(31)14-22)15-32-28(38)21-13-25(37)27-29(39)36-24-6-2-1-5-20(24)16-34(26(36)18-35(27)17-21)12-11-33-9-3-4-10-33/h7-8,14,17,20,24,26,37H,1-6,9-13,15-16,18H2,(H,32,38)/t20-,24-,26-/m0/s1. The molecule has 1 aromatic rings. The molecule has 4 heterocycles. The number of likely N-dealkylation sites (tertiary alicyclic amines) is 1. The molecule has 4 fully saturated rings. The van der Waals surface area contributed by atoms with Crippen LogP contribution in [0.2, 0.25) is 0 Å². The number of rotatable bonds is 6. The summed E-state index contributed by atoms with van der Waals surface area (Å²) in [5.41, 5.74) is 0.733. The predicted octanol–water partition coefficient (Wildman–Crippen LogP) is 3.08. The lowest BCUT2D eigenvalue weighted by Gasteiger charge is -2.57. The van der Waals surface area contributed by atoms with Crippen LogP contribution in [0, 0.1) is 17.6 Å². The van der Waals surface area contributed by atoms with Gasteiger partial charge in [-0.1, -0.05) is 18.9 Å². The van der Waals surface area contributed by atoms with Crippen molar-refractivity contribution >= 4 is 11.8 Å². The second kappa shape index (κ2) is 10.9. The topological polar surface area (TPSA) is 79.4 Å². The maximum atomic E-state index is 14.0. The minimum absolute atomic E-state index is 0.0689. The summed E-state index contributed by atoms with van der Waals surface area (Å²) in [6.45, 7) is 5.46. The zero-order chi connectivity index (χ0) is 27.1. The molecule has 4 aliphatic heterocycles. The molecule has 2 amide bonds. The van der Waals surface area contributed by atoms with Crippen molar-refractivity contribution in [1.82, 2.24) is 24.9 Å². The van der Waals surface area contributed by atoms with E-state index in [1.54, 1.807) is 11.1 Å². The molecule has 0 unspecified atom stereocenters. The third-order valence-corrected chi connectivity index (χ3v) is 9.11. The van der Waals surface area contributed by atoms with Crippen molar-refractivity contribution in [2.75, 3.05) is 39.3 Å². The second-order valence-electron chi connectivity index (χ2n) is 11.5. The van der Waals surface area contributed by atoms with Gasteiger partial charge in [-0.2, -0.15) is 0 Å². The van der Waals surface area contributed by atoms with E-state index in [0.29, 0.717) is 18.0 Å². The first-order valence-electron chi connectivity index (χ1n) is 14.3. The summed E-state index contributed by atoms with van der Waals surface area (Å²) in [6, 6.07) is 3.41. The van der Waals surface area contributed by atoms with Crippen LogP contribution in [0.4, 0.5) is 8.78 Å². The Bertz CT molecular complexity index is 1200. The molecule has 6 rings (SSSR count). The van der Waals surface area contributed by atoms with E-state index in [4.69, 9.17) is 0 Å². The highest BCUT2D eigenvalue weighted by molar-refractivity contribution is 5.98. The first-order chi connectivity index (χ1) is 18.9. The zero-order valence-corrected chi connectivity index (χ0v) is 22.2. The van der Waals surface area contributed by atoms with E-state index in [0.717, 1.165) is 64.1 Å². The smallest absolute Gasteiger partial charge is 0.275 e. The molecule has 1 aromatic carbocycles. The van der Waals surface area contributed by atoms with Gasteiger partial charge in [0.15, 0.2) is 0 Å². The minimum atomic E-state index is -0.730. The molecule has 5 aliphatic rings. The molecular formula is C29H37F2N5O3. The van der Waals surface area contributed by atoms with Crippen molar-refractivity contribution in [1.29, 1.82) is 0 Å². The van der Waals surface area contributed by atoms with Gasteiger partial charge < -0.3 is 25.1 Å². The summed E-state index contributed by atoms with van der Waals surface area (Å²) < 4.78 is 27.3. The van der Waals surface area contributed by atoms with Crippen molar-refractivity contribution in [2.45, 2.75) is 63.7 Å². The van der Waals surface area contributed by atoms with Gasteiger partial charge in [0.2, 0.25) is 5.91 Å². The van der Waals surface area contributed by atoms with E-state index < -0.39 is 17.5 Å². The Hall–Kier alpha value is -2.98. The number of hydrogen-bond donors (Lipinski definition) is 2. The molecule has 0 aromatic heterocycles. The summed E-state index contributed by atoms with van der Waals surface area (Å²) in [5.74, 6) is -1.69. The van der Waals surface area contributed by atoms with Crippen molar-refractivity contribution in [3.63, 3.8) is 0 Å². The van der Waals surface area contributed by atoms with Crippen LogP contribution in [0.15, 0.2) is 41.4 Å². The number of piperazine rings is 1. The SMILES string of the molecule is O=C(NCc1ccc(F)cc1F)C1=CN2C[C@H]3N(CCN4CCCC4)C[C@@H]4CCCC[C@@H]4N3C(=O)C2=C(O)C1. The maximum Gasteiger partial charge on any atom is 0.275 e. The van der Waals surface area contributed by atoms with Crippen molar-refractivity contribution in [2.24, 2.45) is 5.92 Å². The number of halogens is 2. The van der Waals surface area contributed by atoms with Crippen LogP contribution in [0.25, 0.3) is 0 Å². The van der Waals surface area contributed by atoms with Gasteiger partial charge in [-0.05, 0) is 50.8 Å². The van der Waals surface area contributed by atoms with Gasteiger partial charge in [0.05, 0.1) is 6.54 Å². The average Bonchev–Trinajstić information content (AvgIpc) is 3.44. The number of fused-ring (bicyclic) bond motifs is 4. The molecular weight excluding hydrogens is 504 g/mol. The monoisotopic (exact) mass is 541 g/mol. The third kappa shape index (κ3) is 5.16. The van der Waals surface area contributed by atoms with E-state index in [1.807, 2.05) is 4.90 Å². The Kier molecular flexibility index (Phi) is 7.33. The van der Waals surface area contributed by atoms with E-state index in [-0.39, 0.29) is 48.1 Å². The van der Waals surface area contributed by atoms with Crippen LogP contribution >= 0.6 is 0 Å². The molecule has 210 valence electrons. The van der Waals surface area contributed by atoms with E-state index in [2.05, 4.69) is 15.1 Å². The van der Waals surface area contributed by atoms with Gasteiger partial charge >= 0.3 is 0 Å². The van der Waals surface area contributed by atoms with Gasteiger partial charge in [0, 0.05) is 62.0 Å². The molecule has 39 heavy (non-hydrogen) atoms. The van der Waals surface area contributed by atoms with Gasteiger partial charge in [-0.25, -0.2) is 8.78 Å². The zero-order valence-electron chi connectivity index (χ0n) is 22.2. The van der Waals surface area contributed by atoms with Crippen molar-refractivity contribution in [3.05, 3.63) is 58.6 Å². The summed E-state index contributed by atoms with van der Waals surface area (Å²) in [6.07, 6.45) is 8.36. The molecule has 3 saturated heterocycles. The number of benzene rings is 1. The molecule has 0 spiro atoms. The summed E-state index contributed by atoms with van der Waals surface area (Å²) >= 11 is 0. The molecule has 10 heteroatoms. The third-order valence-electron chi connectivity index (χ3n) is 9.11. The van der Waals surface area contributed by atoms with E-state index in [1.165, 1.54) is 25.3 Å². The first kappa shape index (κ1) is 26.3. The Morgan fingerprint density at radius 2 is 1.85 bits per heavy atom. The number of allylic oxidation sites excluding steroid dienone is 1. The number of carbonyl (C=O) groups is 2. The fourth-order valence-electron chi connectivity index (χ4n) is 7.10. The highest BCUT2D eigenvalue weighted by Crippen LogP contribution is 2.40. The maximum absolute atomic E-state index is 14.0. The van der Waals surface area contributed by atoms with Gasteiger partial charge in [0.25, 0.3) is 5.91 Å². The van der Waals surface area contributed by atoms with Crippen LogP contribution in [0.5, 0.6) is 0 Å². The van der Waals surface area contributed by atoms with Gasteiger partial charge in [-0.15, -0.1) is 0 Å². The lowest BCUT2D eigenvalue weighted by Crippen LogP contribution is -2.70. The summed E-state index contributed by atoms with van der Waals surface area (Å²) in [4.78, 5) is 35.6. The van der Waals surface area contributed by atoms with Gasteiger partial charge in [0.1, 0.15) is 29.3 Å². The second-order valence-corrected chi connectivity index (χ2v) is 11.5. The molecule has 0 bridgehead atoms. The molecule has 3 atom stereocenters. The van der Waals surface area contributed by atoms with Crippen LogP contribution in [0.3, 0.4) is 0 Å². The van der Waals surface area contributed by atoms with Crippen LogP contribution in [-0.2, 0) is 16.1 Å².